The standard InChI is InChI=1S/C13H13ClN2O2/c1-8-11(15-7-16-13(8)14)9-5-4-6-10(17-2)12(9)18-3/h4-7H,1-3H3. The van der Waals surface area contributed by atoms with Gasteiger partial charge in [-0.25, -0.2) is 9.97 Å². The summed E-state index contributed by atoms with van der Waals surface area (Å²) in [4.78, 5) is 8.21. The number of benzene rings is 1. The van der Waals surface area contributed by atoms with E-state index >= 15 is 0 Å². The highest BCUT2D eigenvalue weighted by atomic mass is 35.5. The lowest BCUT2D eigenvalue weighted by Crippen LogP contribution is -1.97. The number of methoxy groups -OCH3 is 2. The summed E-state index contributed by atoms with van der Waals surface area (Å²) in [5.41, 5.74) is 2.38. The number of aromatic nitrogens is 2. The SMILES string of the molecule is COc1cccc(-c2ncnc(Cl)c2C)c1OC. The lowest BCUT2D eigenvalue weighted by atomic mass is 10.1. The predicted octanol–water partition coefficient (Wildman–Crippen LogP) is 3.12. The molecule has 0 spiro atoms. The zero-order valence-corrected chi connectivity index (χ0v) is 11.2. The molecule has 2 rings (SSSR count). The van der Waals surface area contributed by atoms with Gasteiger partial charge in [0.2, 0.25) is 0 Å². The second kappa shape index (κ2) is 5.23. The third-order valence-electron chi connectivity index (χ3n) is 2.68. The number of ether oxygens (including phenoxy) is 2. The van der Waals surface area contributed by atoms with Crippen molar-refractivity contribution in [3.05, 3.63) is 35.2 Å². The first-order valence-electron chi connectivity index (χ1n) is 5.37. The molecule has 0 fully saturated rings. The van der Waals surface area contributed by atoms with Gasteiger partial charge in [-0.1, -0.05) is 17.7 Å². The van der Waals surface area contributed by atoms with Crippen molar-refractivity contribution < 1.29 is 9.47 Å². The summed E-state index contributed by atoms with van der Waals surface area (Å²) in [7, 11) is 3.20. The maximum absolute atomic E-state index is 6.01. The molecule has 0 aliphatic carbocycles. The smallest absolute Gasteiger partial charge is 0.170 e. The Balaban J connectivity index is 2.67. The molecule has 0 unspecified atom stereocenters. The number of hydrogen-bond donors (Lipinski definition) is 0. The number of halogens is 1. The molecule has 0 bridgehead atoms. The van der Waals surface area contributed by atoms with Crippen LogP contribution < -0.4 is 9.47 Å². The third kappa shape index (κ3) is 2.11. The van der Waals surface area contributed by atoms with E-state index in [1.165, 1.54) is 6.33 Å². The summed E-state index contributed by atoms with van der Waals surface area (Å²) in [6.07, 6.45) is 1.43. The maximum atomic E-state index is 6.01. The van der Waals surface area contributed by atoms with Crippen LogP contribution in [-0.4, -0.2) is 24.2 Å². The fourth-order valence-electron chi connectivity index (χ4n) is 1.77. The number of rotatable bonds is 3. The predicted molar refractivity (Wildman–Crippen MR) is 70.3 cm³/mol. The van der Waals surface area contributed by atoms with Crippen LogP contribution in [0.3, 0.4) is 0 Å². The molecule has 4 nitrogen and oxygen atoms in total. The van der Waals surface area contributed by atoms with E-state index in [0.717, 1.165) is 16.8 Å². The van der Waals surface area contributed by atoms with Gasteiger partial charge in [0.1, 0.15) is 11.5 Å². The van der Waals surface area contributed by atoms with Crippen LogP contribution in [0.5, 0.6) is 11.5 Å². The van der Waals surface area contributed by atoms with Crippen molar-refractivity contribution in [1.29, 1.82) is 0 Å². The molecule has 0 saturated heterocycles. The quantitative estimate of drug-likeness (QED) is 0.799. The summed E-state index contributed by atoms with van der Waals surface area (Å²) >= 11 is 6.01. The van der Waals surface area contributed by atoms with Crippen molar-refractivity contribution in [2.75, 3.05) is 14.2 Å². The van der Waals surface area contributed by atoms with Crippen LogP contribution in [0.15, 0.2) is 24.5 Å². The van der Waals surface area contributed by atoms with Crippen molar-refractivity contribution in [1.82, 2.24) is 9.97 Å². The van der Waals surface area contributed by atoms with Gasteiger partial charge in [-0.3, -0.25) is 0 Å². The summed E-state index contributed by atoms with van der Waals surface area (Å²) in [5.74, 6) is 1.29. The molecule has 1 aromatic heterocycles. The van der Waals surface area contributed by atoms with Crippen molar-refractivity contribution >= 4 is 11.6 Å². The zero-order valence-electron chi connectivity index (χ0n) is 10.4. The molecule has 0 saturated carbocycles. The summed E-state index contributed by atoms with van der Waals surface area (Å²) in [6.45, 7) is 1.87. The molecule has 0 atom stereocenters. The Kier molecular flexibility index (Phi) is 3.67. The van der Waals surface area contributed by atoms with Crippen LogP contribution in [0.2, 0.25) is 5.15 Å². The molecule has 1 aromatic carbocycles. The summed E-state index contributed by atoms with van der Waals surface area (Å²) in [5, 5.41) is 0.435. The van der Waals surface area contributed by atoms with Gasteiger partial charge in [-0.15, -0.1) is 0 Å². The van der Waals surface area contributed by atoms with Gasteiger partial charge in [0.15, 0.2) is 11.5 Å². The van der Waals surface area contributed by atoms with E-state index in [1.807, 2.05) is 25.1 Å². The van der Waals surface area contributed by atoms with E-state index in [2.05, 4.69) is 9.97 Å². The van der Waals surface area contributed by atoms with E-state index in [1.54, 1.807) is 14.2 Å². The second-order valence-corrected chi connectivity index (χ2v) is 4.04. The Morgan fingerprint density at radius 1 is 1.11 bits per heavy atom. The average Bonchev–Trinajstić information content (AvgIpc) is 2.41. The van der Waals surface area contributed by atoms with Crippen LogP contribution in [0, 0.1) is 6.92 Å². The van der Waals surface area contributed by atoms with E-state index in [4.69, 9.17) is 21.1 Å². The minimum Gasteiger partial charge on any atom is -0.493 e. The van der Waals surface area contributed by atoms with Crippen molar-refractivity contribution in [3.8, 4) is 22.8 Å². The second-order valence-electron chi connectivity index (χ2n) is 3.68. The molecular formula is C13H13ClN2O2. The Morgan fingerprint density at radius 3 is 2.56 bits per heavy atom. The van der Waals surface area contributed by atoms with Gasteiger partial charge >= 0.3 is 0 Å². The van der Waals surface area contributed by atoms with Crippen molar-refractivity contribution in [2.45, 2.75) is 6.92 Å². The van der Waals surface area contributed by atoms with Crippen LogP contribution in [-0.2, 0) is 0 Å². The molecule has 0 amide bonds. The highest BCUT2D eigenvalue weighted by molar-refractivity contribution is 6.30. The lowest BCUT2D eigenvalue weighted by molar-refractivity contribution is 0.356. The molecular weight excluding hydrogens is 252 g/mol. The Bertz CT molecular complexity index is 573. The molecule has 5 heteroatoms. The maximum Gasteiger partial charge on any atom is 0.170 e. The fourth-order valence-corrected chi connectivity index (χ4v) is 1.91. The summed E-state index contributed by atoms with van der Waals surface area (Å²) < 4.78 is 10.7. The van der Waals surface area contributed by atoms with E-state index in [0.29, 0.717) is 16.7 Å². The molecule has 0 N–H and O–H groups in total. The highest BCUT2D eigenvalue weighted by Crippen LogP contribution is 2.38. The molecule has 2 aromatic rings. The van der Waals surface area contributed by atoms with Gasteiger partial charge in [0, 0.05) is 11.1 Å². The first-order chi connectivity index (χ1) is 8.69. The number of nitrogens with zero attached hydrogens (tertiary/aromatic N) is 2. The minimum absolute atomic E-state index is 0.435. The average molecular weight is 265 g/mol. The van der Waals surface area contributed by atoms with Crippen LogP contribution in [0.25, 0.3) is 11.3 Å². The van der Waals surface area contributed by atoms with E-state index < -0.39 is 0 Å². The Labute approximate surface area is 111 Å². The Hall–Kier alpha value is -1.81. The molecule has 0 radical (unpaired) electrons. The Morgan fingerprint density at radius 2 is 1.89 bits per heavy atom. The molecule has 0 aliphatic heterocycles. The topological polar surface area (TPSA) is 44.2 Å². The third-order valence-corrected chi connectivity index (χ3v) is 3.06. The number of para-hydroxylation sites is 1. The minimum atomic E-state index is 0.435. The normalized spacial score (nSPS) is 10.2. The van der Waals surface area contributed by atoms with E-state index in [9.17, 15) is 0 Å². The lowest BCUT2D eigenvalue weighted by Gasteiger charge is -2.13. The van der Waals surface area contributed by atoms with E-state index in [-0.39, 0.29) is 0 Å². The van der Waals surface area contributed by atoms with Crippen molar-refractivity contribution in [3.63, 3.8) is 0 Å². The molecule has 1 heterocycles. The first-order valence-corrected chi connectivity index (χ1v) is 5.75. The van der Waals surface area contributed by atoms with Gasteiger partial charge in [-0.2, -0.15) is 0 Å². The number of hydrogen-bond acceptors (Lipinski definition) is 4. The molecule has 18 heavy (non-hydrogen) atoms. The van der Waals surface area contributed by atoms with Crippen LogP contribution in [0.1, 0.15) is 5.56 Å². The summed E-state index contributed by atoms with van der Waals surface area (Å²) in [6, 6.07) is 5.62. The highest BCUT2D eigenvalue weighted by Gasteiger charge is 2.15. The van der Waals surface area contributed by atoms with Crippen molar-refractivity contribution in [2.24, 2.45) is 0 Å². The van der Waals surface area contributed by atoms with Gasteiger partial charge in [0.25, 0.3) is 0 Å². The van der Waals surface area contributed by atoms with Crippen LogP contribution in [0.4, 0.5) is 0 Å². The van der Waals surface area contributed by atoms with Gasteiger partial charge < -0.3 is 9.47 Å². The molecule has 94 valence electrons. The fraction of sp³-hybridized carbons (Fsp3) is 0.231. The van der Waals surface area contributed by atoms with Gasteiger partial charge in [0.05, 0.1) is 19.9 Å². The molecule has 0 aliphatic rings. The van der Waals surface area contributed by atoms with Gasteiger partial charge in [-0.05, 0) is 19.1 Å². The zero-order chi connectivity index (χ0) is 13.1. The van der Waals surface area contributed by atoms with Crippen LogP contribution >= 0.6 is 11.6 Å². The first kappa shape index (κ1) is 12.6. The monoisotopic (exact) mass is 264 g/mol. The largest absolute Gasteiger partial charge is 0.493 e.